The van der Waals surface area contributed by atoms with Crippen molar-refractivity contribution in [1.29, 1.82) is 0 Å². The molecule has 8 heteroatoms. The van der Waals surface area contributed by atoms with Gasteiger partial charge in [-0.05, 0) is 59.5 Å². The first-order chi connectivity index (χ1) is 17.4. The van der Waals surface area contributed by atoms with E-state index in [0.29, 0.717) is 27.6 Å². The zero-order valence-corrected chi connectivity index (χ0v) is 21.1. The molecule has 0 radical (unpaired) electrons. The predicted octanol–water partition coefficient (Wildman–Crippen LogP) is 7.47. The number of hydrogen-bond donors (Lipinski definition) is 1. The molecular formula is C28H19Cl2NO4S. The average molecular weight is 536 g/mol. The molecular weight excluding hydrogens is 517 g/mol. The summed E-state index contributed by atoms with van der Waals surface area (Å²) < 4.78 is 5.99. The van der Waals surface area contributed by atoms with Gasteiger partial charge in [-0.3, -0.25) is 9.59 Å². The molecule has 1 aliphatic rings. The summed E-state index contributed by atoms with van der Waals surface area (Å²) >= 11 is 13.7. The van der Waals surface area contributed by atoms with Crippen LogP contribution in [0.4, 0.5) is 0 Å². The number of aliphatic hydroxyl groups excluding tert-OH is 1. The molecule has 1 N–H and O–H groups in total. The van der Waals surface area contributed by atoms with Crippen molar-refractivity contribution >= 4 is 52.0 Å². The minimum atomic E-state index is -0.833. The maximum absolute atomic E-state index is 13.3. The molecule has 1 unspecified atom stereocenters. The van der Waals surface area contributed by atoms with Crippen LogP contribution >= 0.6 is 34.5 Å². The number of likely N-dealkylation sites (tertiary alicyclic amines) is 1. The largest absolute Gasteiger partial charge is 0.507 e. The van der Waals surface area contributed by atoms with Crippen LogP contribution in [-0.2, 0) is 16.1 Å². The molecule has 1 fully saturated rings. The van der Waals surface area contributed by atoms with Crippen molar-refractivity contribution in [2.24, 2.45) is 0 Å². The first-order valence-electron chi connectivity index (χ1n) is 11.0. The molecule has 0 aliphatic carbocycles. The third kappa shape index (κ3) is 4.75. The third-order valence-electron chi connectivity index (χ3n) is 5.79. The number of ether oxygens (including phenoxy) is 1. The van der Waals surface area contributed by atoms with E-state index in [1.165, 1.54) is 28.4 Å². The van der Waals surface area contributed by atoms with E-state index in [4.69, 9.17) is 27.9 Å². The second-order valence-corrected chi connectivity index (χ2v) is 9.97. The Morgan fingerprint density at radius 2 is 1.67 bits per heavy atom. The smallest absolute Gasteiger partial charge is 0.295 e. The number of aliphatic hydroxyl groups is 1. The van der Waals surface area contributed by atoms with Crippen LogP contribution in [-0.4, -0.2) is 21.7 Å². The number of halogens is 2. The Bertz CT molecular complexity index is 1470. The molecule has 1 atom stereocenters. The Morgan fingerprint density at radius 3 is 2.39 bits per heavy atom. The van der Waals surface area contributed by atoms with Crippen molar-refractivity contribution in [3.05, 3.63) is 122 Å². The van der Waals surface area contributed by atoms with Crippen LogP contribution in [0.1, 0.15) is 22.0 Å². The summed E-state index contributed by atoms with van der Waals surface area (Å²) in [6.45, 7) is 0.217. The molecule has 1 aliphatic heterocycles. The van der Waals surface area contributed by atoms with Crippen molar-refractivity contribution in [2.75, 3.05) is 0 Å². The SMILES string of the molecule is O=C1C(=O)N(Cc2cccs2)C(c2cccc(Oc3ccccc3)c2)/C1=C(/O)c1ccc(Cl)c(Cl)c1. The van der Waals surface area contributed by atoms with E-state index in [9.17, 15) is 14.7 Å². The maximum Gasteiger partial charge on any atom is 0.295 e. The van der Waals surface area contributed by atoms with Crippen LogP contribution < -0.4 is 4.74 Å². The lowest BCUT2D eigenvalue weighted by molar-refractivity contribution is -0.140. The number of nitrogens with zero attached hydrogens (tertiary/aromatic N) is 1. The molecule has 1 saturated heterocycles. The molecule has 1 aromatic heterocycles. The van der Waals surface area contributed by atoms with Gasteiger partial charge in [-0.25, -0.2) is 0 Å². The predicted molar refractivity (Wildman–Crippen MR) is 142 cm³/mol. The summed E-state index contributed by atoms with van der Waals surface area (Å²) in [4.78, 5) is 28.9. The van der Waals surface area contributed by atoms with Crippen molar-refractivity contribution in [3.63, 3.8) is 0 Å². The Balaban J connectivity index is 1.62. The van der Waals surface area contributed by atoms with E-state index in [1.807, 2.05) is 47.8 Å². The molecule has 0 spiro atoms. The van der Waals surface area contributed by atoms with E-state index >= 15 is 0 Å². The van der Waals surface area contributed by atoms with E-state index in [1.54, 1.807) is 30.3 Å². The molecule has 5 nitrogen and oxygen atoms in total. The van der Waals surface area contributed by atoms with Gasteiger partial charge in [-0.15, -0.1) is 11.3 Å². The van der Waals surface area contributed by atoms with E-state index in [-0.39, 0.29) is 22.9 Å². The summed E-state index contributed by atoms with van der Waals surface area (Å²) in [5.74, 6) is -0.591. The van der Waals surface area contributed by atoms with E-state index < -0.39 is 17.7 Å². The third-order valence-corrected chi connectivity index (χ3v) is 7.39. The summed E-state index contributed by atoms with van der Waals surface area (Å²) in [5, 5.41) is 13.7. The van der Waals surface area contributed by atoms with Gasteiger partial charge in [0.05, 0.1) is 28.2 Å². The van der Waals surface area contributed by atoms with Gasteiger partial charge in [0.1, 0.15) is 17.3 Å². The van der Waals surface area contributed by atoms with Gasteiger partial charge in [-0.1, -0.05) is 59.6 Å². The molecule has 0 saturated carbocycles. The van der Waals surface area contributed by atoms with Crippen molar-refractivity contribution in [2.45, 2.75) is 12.6 Å². The highest BCUT2D eigenvalue weighted by atomic mass is 35.5. The second-order valence-electron chi connectivity index (χ2n) is 8.12. The van der Waals surface area contributed by atoms with E-state index in [2.05, 4.69) is 0 Å². The fourth-order valence-corrected chi connectivity index (χ4v) is 5.13. The van der Waals surface area contributed by atoms with Gasteiger partial charge < -0.3 is 14.7 Å². The number of Topliss-reactive ketones (excluding diaryl/α,β-unsaturated/α-hetero) is 1. The van der Waals surface area contributed by atoms with Crippen LogP contribution in [0.5, 0.6) is 11.5 Å². The zero-order chi connectivity index (χ0) is 25.2. The number of amides is 1. The Morgan fingerprint density at radius 1 is 0.889 bits per heavy atom. The van der Waals surface area contributed by atoms with E-state index in [0.717, 1.165) is 4.88 Å². The summed E-state index contributed by atoms with van der Waals surface area (Å²) in [6, 6.07) is 24.0. The lowest BCUT2D eigenvalue weighted by atomic mass is 9.95. The first kappa shape index (κ1) is 24.1. The Labute approximate surface area is 221 Å². The Kier molecular flexibility index (Phi) is 6.83. The number of carbonyl (C=O) groups is 2. The molecule has 5 rings (SSSR count). The summed E-state index contributed by atoms with van der Waals surface area (Å²) in [7, 11) is 0. The topological polar surface area (TPSA) is 66.8 Å². The van der Waals surface area contributed by atoms with Crippen LogP contribution in [0.3, 0.4) is 0 Å². The summed E-state index contributed by atoms with van der Waals surface area (Å²) in [6.07, 6.45) is 0. The highest BCUT2D eigenvalue weighted by molar-refractivity contribution is 7.09. The molecule has 2 heterocycles. The second kappa shape index (κ2) is 10.2. The molecule has 1 amide bonds. The van der Waals surface area contributed by atoms with Gasteiger partial charge in [0, 0.05) is 10.4 Å². The number of rotatable bonds is 6. The minimum Gasteiger partial charge on any atom is -0.507 e. The lowest BCUT2D eigenvalue weighted by Crippen LogP contribution is -2.28. The fourth-order valence-electron chi connectivity index (χ4n) is 4.13. The lowest BCUT2D eigenvalue weighted by Gasteiger charge is -2.25. The number of thiophene rings is 1. The van der Waals surface area contributed by atoms with Gasteiger partial charge in [-0.2, -0.15) is 0 Å². The van der Waals surface area contributed by atoms with Crippen molar-refractivity contribution < 1.29 is 19.4 Å². The molecule has 4 aromatic rings. The van der Waals surface area contributed by atoms with Crippen molar-refractivity contribution in [3.8, 4) is 11.5 Å². The maximum atomic E-state index is 13.3. The first-order valence-corrected chi connectivity index (χ1v) is 12.6. The van der Waals surface area contributed by atoms with Gasteiger partial charge in [0.15, 0.2) is 0 Å². The molecule has 0 bridgehead atoms. The Hall–Kier alpha value is -3.58. The fraction of sp³-hybridized carbons (Fsp3) is 0.0714. The number of hydrogen-bond acceptors (Lipinski definition) is 5. The molecule has 180 valence electrons. The van der Waals surface area contributed by atoms with Crippen LogP contribution in [0.2, 0.25) is 10.0 Å². The van der Waals surface area contributed by atoms with Gasteiger partial charge in [0.25, 0.3) is 11.7 Å². The molecule has 3 aromatic carbocycles. The number of ketones is 1. The minimum absolute atomic E-state index is 0.0215. The highest BCUT2D eigenvalue weighted by Gasteiger charge is 2.46. The normalized spacial score (nSPS) is 16.9. The average Bonchev–Trinajstić information content (AvgIpc) is 3.48. The van der Waals surface area contributed by atoms with Gasteiger partial charge >= 0.3 is 0 Å². The number of carbonyl (C=O) groups excluding carboxylic acids is 2. The quantitative estimate of drug-likeness (QED) is 0.158. The molecule has 36 heavy (non-hydrogen) atoms. The van der Waals surface area contributed by atoms with Crippen LogP contribution in [0.25, 0.3) is 5.76 Å². The number of para-hydroxylation sites is 1. The zero-order valence-electron chi connectivity index (χ0n) is 18.7. The monoisotopic (exact) mass is 535 g/mol. The standard InChI is InChI=1S/C28H19Cl2NO4S/c29-22-12-11-18(15-23(22)30)26(32)24-25(31(28(34)27(24)33)16-21-10-5-13-36-21)17-6-4-9-20(14-17)35-19-7-2-1-3-8-19/h1-15,25,32H,16H2/b26-24-. The highest BCUT2D eigenvalue weighted by Crippen LogP contribution is 2.42. The summed E-state index contributed by atoms with van der Waals surface area (Å²) in [5.41, 5.74) is 0.896. The van der Waals surface area contributed by atoms with Gasteiger partial charge in [0.2, 0.25) is 0 Å². The van der Waals surface area contributed by atoms with Crippen LogP contribution in [0, 0.1) is 0 Å². The van der Waals surface area contributed by atoms with Crippen LogP contribution in [0.15, 0.2) is 95.9 Å². The van der Waals surface area contributed by atoms with Crippen molar-refractivity contribution in [1.82, 2.24) is 4.90 Å². The number of benzene rings is 3.